The number of esters is 2. The second-order valence-corrected chi connectivity index (χ2v) is 11.8. The molecule has 1 aromatic carbocycles. The van der Waals surface area contributed by atoms with Gasteiger partial charge in [0.1, 0.15) is 0 Å². The SMILES string of the molecule is COC(=O)C(C)(C/C=C(\c1ccccc1)[Si](C)(C)C)C(=O)OC. The minimum absolute atomic E-state index is 0.251. The first-order valence-corrected chi connectivity index (χ1v) is 11.1. The molecule has 0 N–H and O–H groups in total. The predicted molar refractivity (Wildman–Crippen MR) is 94.5 cm³/mol. The molecule has 0 aliphatic heterocycles. The van der Waals surface area contributed by atoms with Crippen LogP contribution in [0.4, 0.5) is 0 Å². The highest BCUT2D eigenvalue weighted by atomic mass is 28.3. The van der Waals surface area contributed by atoms with E-state index in [-0.39, 0.29) is 6.42 Å². The van der Waals surface area contributed by atoms with Crippen LogP contribution in [0.1, 0.15) is 18.9 Å². The van der Waals surface area contributed by atoms with Crippen LogP contribution < -0.4 is 0 Å². The van der Waals surface area contributed by atoms with E-state index in [1.807, 2.05) is 24.3 Å². The molecule has 0 saturated heterocycles. The van der Waals surface area contributed by atoms with Gasteiger partial charge in [0.05, 0.1) is 22.3 Å². The van der Waals surface area contributed by atoms with Crippen LogP contribution in [0.2, 0.25) is 19.6 Å². The van der Waals surface area contributed by atoms with E-state index in [1.165, 1.54) is 19.4 Å². The number of ether oxygens (including phenoxy) is 2. The Morgan fingerprint density at radius 2 is 1.52 bits per heavy atom. The monoisotopic (exact) mass is 334 g/mol. The van der Waals surface area contributed by atoms with Gasteiger partial charge in [0, 0.05) is 0 Å². The summed E-state index contributed by atoms with van der Waals surface area (Å²) in [4.78, 5) is 24.2. The van der Waals surface area contributed by atoms with Gasteiger partial charge in [0.15, 0.2) is 5.41 Å². The van der Waals surface area contributed by atoms with E-state index in [9.17, 15) is 9.59 Å². The average Bonchev–Trinajstić information content (AvgIpc) is 2.52. The Hall–Kier alpha value is -1.88. The zero-order valence-corrected chi connectivity index (χ0v) is 15.8. The highest BCUT2D eigenvalue weighted by Crippen LogP contribution is 2.31. The van der Waals surface area contributed by atoms with Crippen LogP contribution in [0, 0.1) is 5.41 Å². The predicted octanol–water partition coefficient (Wildman–Crippen LogP) is 3.69. The van der Waals surface area contributed by atoms with Gasteiger partial charge < -0.3 is 9.47 Å². The summed E-state index contributed by atoms with van der Waals surface area (Å²) < 4.78 is 9.61. The highest BCUT2D eigenvalue weighted by molar-refractivity contribution is 6.93. The molecule has 0 fully saturated rings. The van der Waals surface area contributed by atoms with E-state index in [0.29, 0.717) is 0 Å². The first kappa shape index (κ1) is 19.2. The van der Waals surface area contributed by atoms with Crippen molar-refractivity contribution < 1.29 is 19.1 Å². The van der Waals surface area contributed by atoms with Gasteiger partial charge >= 0.3 is 11.9 Å². The van der Waals surface area contributed by atoms with E-state index in [0.717, 1.165) is 5.56 Å². The molecule has 0 aliphatic carbocycles. The molecule has 0 aliphatic rings. The summed E-state index contributed by atoms with van der Waals surface area (Å²) in [5, 5.41) is 1.21. The molecule has 23 heavy (non-hydrogen) atoms. The summed E-state index contributed by atoms with van der Waals surface area (Å²) >= 11 is 0. The fourth-order valence-electron chi connectivity index (χ4n) is 2.48. The molecular weight excluding hydrogens is 308 g/mol. The van der Waals surface area contributed by atoms with E-state index in [1.54, 1.807) is 6.92 Å². The fourth-order valence-corrected chi connectivity index (χ4v) is 4.23. The summed E-state index contributed by atoms with van der Waals surface area (Å²) in [7, 11) is 0.903. The quantitative estimate of drug-likeness (QED) is 0.452. The van der Waals surface area contributed by atoms with Crippen molar-refractivity contribution in [1.82, 2.24) is 0 Å². The van der Waals surface area contributed by atoms with E-state index in [2.05, 4.69) is 31.8 Å². The topological polar surface area (TPSA) is 52.6 Å². The number of carbonyl (C=O) groups is 2. The van der Waals surface area contributed by atoms with Gasteiger partial charge in [0.2, 0.25) is 0 Å². The molecule has 0 bridgehead atoms. The maximum absolute atomic E-state index is 12.1. The Bertz CT molecular complexity index is 569. The maximum Gasteiger partial charge on any atom is 0.323 e. The Morgan fingerprint density at radius 3 is 1.91 bits per heavy atom. The number of rotatable bonds is 6. The molecule has 126 valence electrons. The smallest absolute Gasteiger partial charge is 0.323 e. The number of carbonyl (C=O) groups excluding carboxylic acids is 2. The zero-order chi connectivity index (χ0) is 17.7. The molecule has 0 heterocycles. The lowest BCUT2D eigenvalue weighted by molar-refractivity contribution is -0.167. The zero-order valence-electron chi connectivity index (χ0n) is 14.8. The van der Waals surface area contributed by atoms with Gasteiger partial charge in [0.25, 0.3) is 0 Å². The van der Waals surface area contributed by atoms with Gasteiger partial charge in [-0.3, -0.25) is 9.59 Å². The molecule has 1 rings (SSSR count). The third-order valence-electron chi connectivity index (χ3n) is 3.88. The minimum atomic E-state index is -1.66. The molecule has 0 aromatic heterocycles. The Morgan fingerprint density at radius 1 is 1.04 bits per heavy atom. The van der Waals surface area contributed by atoms with Crippen LogP contribution >= 0.6 is 0 Å². The van der Waals surface area contributed by atoms with Gasteiger partial charge in [-0.15, -0.1) is 0 Å². The van der Waals surface area contributed by atoms with Crippen molar-refractivity contribution in [2.45, 2.75) is 33.0 Å². The summed E-state index contributed by atoms with van der Waals surface area (Å²) in [5.41, 5.74) is -0.202. The average molecular weight is 334 g/mol. The Kier molecular flexibility index (Phi) is 6.33. The second-order valence-electron chi connectivity index (χ2n) is 6.75. The summed E-state index contributed by atoms with van der Waals surface area (Å²) in [6, 6.07) is 10.1. The van der Waals surface area contributed by atoms with Crippen molar-refractivity contribution in [2.24, 2.45) is 5.41 Å². The first-order chi connectivity index (χ1) is 10.7. The first-order valence-electron chi connectivity index (χ1n) is 7.59. The lowest BCUT2D eigenvalue weighted by Gasteiger charge is -2.26. The van der Waals surface area contributed by atoms with Gasteiger partial charge in [-0.25, -0.2) is 0 Å². The van der Waals surface area contributed by atoms with E-state index < -0.39 is 25.4 Å². The molecule has 0 unspecified atom stereocenters. The number of methoxy groups -OCH3 is 2. The van der Waals surface area contributed by atoms with Crippen LogP contribution in [-0.2, 0) is 19.1 Å². The van der Waals surface area contributed by atoms with Crippen molar-refractivity contribution in [2.75, 3.05) is 14.2 Å². The number of benzene rings is 1. The molecule has 0 amide bonds. The fraction of sp³-hybridized carbons (Fsp3) is 0.444. The number of allylic oxidation sites excluding steroid dienone is 1. The number of hydrogen-bond donors (Lipinski definition) is 0. The van der Waals surface area contributed by atoms with Gasteiger partial charge in [-0.1, -0.05) is 61.2 Å². The van der Waals surface area contributed by atoms with Crippen LogP contribution in [0.15, 0.2) is 36.4 Å². The lowest BCUT2D eigenvalue weighted by atomic mass is 9.86. The van der Waals surface area contributed by atoms with Crippen molar-refractivity contribution in [3.8, 4) is 0 Å². The van der Waals surface area contributed by atoms with Crippen LogP contribution in [0.3, 0.4) is 0 Å². The molecule has 0 atom stereocenters. The Balaban J connectivity index is 3.27. The normalized spacial score (nSPS) is 12.7. The minimum Gasteiger partial charge on any atom is -0.468 e. The molecule has 5 heteroatoms. The summed E-state index contributed by atoms with van der Waals surface area (Å²) in [6.45, 7) is 8.27. The van der Waals surface area contributed by atoms with E-state index in [4.69, 9.17) is 9.47 Å². The summed E-state index contributed by atoms with van der Waals surface area (Å²) in [6.07, 6.45) is 2.25. The van der Waals surface area contributed by atoms with Crippen LogP contribution in [-0.4, -0.2) is 34.2 Å². The third-order valence-corrected chi connectivity index (χ3v) is 5.99. The van der Waals surface area contributed by atoms with Gasteiger partial charge in [-0.05, 0) is 18.9 Å². The van der Waals surface area contributed by atoms with E-state index >= 15 is 0 Å². The lowest BCUT2D eigenvalue weighted by Crippen LogP contribution is -2.38. The molecule has 4 nitrogen and oxygen atoms in total. The molecule has 0 radical (unpaired) electrons. The largest absolute Gasteiger partial charge is 0.468 e. The highest BCUT2D eigenvalue weighted by Gasteiger charge is 2.43. The van der Waals surface area contributed by atoms with Crippen molar-refractivity contribution >= 4 is 25.2 Å². The third kappa shape index (κ3) is 4.54. The Labute approximate surface area is 139 Å². The standard InChI is InChI=1S/C18H26O4Si/c1-18(16(19)21-2,17(20)22-3)13-12-15(23(4,5)6)14-10-8-7-9-11-14/h7-12H,13H2,1-6H3/b15-12+. The van der Waals surface area contributed by atoms with Crippen molar-refractivity contribution in [1.29, 1.82) is 0 Å². The van der Waals surface area contributed by atoms with Crippen molar-refractivity contribution in [3.05, 3.63) is 42.0 Å². The molecule has 1 aromatic rings. The van der Waals surface area contributed by atoms with Crippen LogP contribution in [0.5, 0.6) is 0 Å². The molecular formula is C18H26O4Si. The molecule has 0 saturated carbocycles. The van der Waals surface area contributed by atoms with Crippen molar-refractivity contribution in [3.63, 3.8) is 0 Å². The van der Waals surface area contributed by atoms with Gasteiger partial charge in [-0.2, -0.15) is 0 Å². The summed E-state index contributed by atoms with van der Waals surface area (Å²) in [5.74, 6) is -1.16. The van der Waals surface area contributed by atoms with Crippen LogP contribution in [0.25, 0.3) is 5.20 Å². The number of hydrogen-bond acceptors (Lipinski definition) is 4. The second kappa shape index (κ2) is 7.59. The molecule has 0 spiro atoms. The maximum atomic E-state index is 12.1.